The summed E-state index contributed by atoms with van der Waals surface area (Å²) < 4.78 is 22.9. The van der Waals surface area contributed by atoms with E-state index < -0.39 is 9.84 Å². The van der Waals surface area contributed by atoms with E-state index >= 15 is 0 Å². The quantitative estimate of drug-likeness (QED) is 0.857. The van der Waals surface area contributed by atoms with E-state index in [-0.39, 0.29) is 11.8 Å². The number of rotatable bonds is 3. The molecule has 1 fully saturated rings. The summed E-state index contributed by atoms with van der Waals surface area (Å²) in [6.45, 7) is 6.85. The molecule has 4 atom stereocenters. The second kappa shape index (κ2) is 5.33. The molecule has 3 nitrogen and oxygen atoms in total. The molecule has 0 radical (unpaired) electrons. The molecular formula is C14H25NO2S. The Labute approximate surface area is 111 Å². The van der Waals surface area contributed by atoms with E-state index in [9.17, 15) is 8.42 Å². The van der Waals surface area contributed by atoms with Crippen LogP contribution < -0.4 is 5.32 Å². The predicted molar refractivity (Wildman–Crippen MR) is 75.0 cm³/mol. The number of sulfone groups is 1. The van der Waals surface area contributed by atoms with Crippen molar-refractivity contribution in [3.63, 3.8) is 0 Å². The van der Waals surface area contributed by atoms with Gasteiger partial charge in [0.25, 0.3) is 0 Å². The van der Waals surface area contributed by atoms with Gasteiger partial charge < -0.3 is 5.32 Å². The number of hydrogen-bond donors (Lipinski definition) is 1. The molecule has 1 aliphatic carbocycles. The lowest BCUT2D eigenvalue weighted by molar-refractivity contribution is 0.166. The summed E-state index contributed by atoms with van der Waals surface area (Å²) in [5.41, 5.74) is 0. The molecule has 0 aromatic carbocycles. The summed E-state index contributed by atoms with van der Waals surface area (Å²) in [4.78, 5) is 0. The molecule has 0 amide bonds. The molecule has 1 saturated carbocycles. The smallest absolute Gasteiger partial charge is 0.173 e. The second-order valence-corrected chi connectivity index (χ2v) is 8.30. The van der Waals surface area contributed by atoms with Crippen molar-refractivity contribution < 1.29 is 8.42 Å². The first-order valence-electron chi connectivity index (χ1n) is 7.04. The standard InChI is InChI=1S/C14H25NO2S/c1-10(2)13-5-4-11(3)8-14(13)15-12-6-7-18(16,17)9-12/h6-7,10-15H,4-5,8-9H2,1-3H3. The van der Waals surface area contributed by atoms with Gasteiger partial charge in [0.2, 0.25) is 0 Å². The maximum absolute atomic E-state index is 11.4. The van der Waals surface area contributed by atoms with Crippen molar-refractivity contribution in [3.8, 4) is 0 Å². The van der Waals surface area contributed by atoms with E-state index in [2.05, 4.69) is 26.1 Å². The van der Waals surface area contributed by atoms with Gasteiger partial charge >= 0.3 is 0 Å². The van der Waals surface area contributed by atoms with Crippen molar-refractivity contribution in [1.29, 1.82) is 0 Å². The molecule has 0 aromatic heterocycles. The molecule has 0 spiro atoms. The van der Waals surface area contributed by atoms with E-state index in [0.29, 0.717) is 17.9 Å². The Morgan fingerprint density at radius 2 is 2.00 bits per heavy atom. The Morgan fingerprint density at radius 1 is 1.28 bits per heavy atom. The average molecular weight is 271 g/mol. The third-order valence-electron chi connectivity index (χ3n) is 4.38. The molecule has 18 heavy (non-hydrogen) atoms. The third-order valence-corrected chi connectivity index (χ3v) is 5.78. The van der Waals surface area contributed by atoms with Gasteiger partial charge in [-0.3, -0.25) is 0 Å². The molecule has 4 heteroatoms. The molecule has 1 aliphatic heterocycles. The van der Waals surface area contributed by atoms with Crippen LogP contribution in [-0.4, -0.2) is 26.3 Å². The summed E-state index contributed by atoms with van der Waals surface area (Å²) in [5.74, 6) is 2.33. The van der Waals surface area contributed by atoms with Crippen LogP contribution in [0.5, 0.6) is 0 Å². The molecule has 4 unspecified atom stereocenters. The molecule has 0 saturated heterocycles. The Morgan fingerprint density at radius 3 is 2.56 bits per heavy atom. The normalized spacial score (nSPS) is 39.3. The van der Waals surface area contributed by atoms with Crippen LogP contribution in [0, 0.1) is 17.8 Å². The van der Waals surface area contributed by atoms with Crippen molar-refractivity contribution in [2.24, 2.45) is 17.8 Å². The second-order valence-electron chi connectivity index (χ2n) is 6.36. The maximum atomic E-state index is 11.4. The van der Waals surface area contributed by atoms with Gasteiger partial charge in [0.15, 0.2) is 9.84 Å². The van der Waals surface area contributed by atoms with E-state index in [1.165, 1.54) is 24.7 Å². The van der Waals surface area contributed by atoms with E-state index in [4.69, 9.17) is 0 Å². The molecule has 2 aliphatic rings. The lowest BCUT2D eigenvalue weighted by atomic mass is 9.74. The number of hydrogen-bond acceptors (Lipinski definition) is 3. The highest BCUT2D eigenvalue weighted by Crippen LogP contribution is 2.34. The largest absolute Gasteiger partial charge is 0.306 e. The highest BCUT2D eigenvalue weighted by atomic mass is 32.2. The van der Waals surface area contributed by atoms with Gasteiger partial charge in [0.05, 0.1) is 5.75 Å². The van der Waals surface area contributed by atoms with Gasteiger partial charge in [-0.25, -0.2) is 8.42 Å². The molecule has 1 N–H and O–H groups in total. The Bertz CT molecular complexity index is 414. The van der Waals surface area contributed by atoms with Crippen LogP contribution in [0.4, 0.5) is 0 Å². The highest BCUT2D eigenvalue weighted by Gasteiger charge is 2.33. The predicted octanol–water partition coefficient (Wildman–Crippen LogP) is 2.35. The first-order chi connectivity index (χ1) is 8.37. The zero-order valence-electron chi connectivity index (χ0n) is 11.6. The van der Waals surface area contributed by atoms with E-state index in [1.807, 2.05) is 6.08 Å². The fourth-order valence-corrected chi connectivity index (χ4v) is 4.60. The van der Waals surface area contributed by atoms with Gasteiger partial charge in [0.1, 0.15) is 0 Å². The Hall–Kier alpha value is -0.350. The van der Waals surface area contributed by atoms with Crippen molar-refractivity contribution in [2.45, 2.75) is 52.1 Å². The van der Waals surface area contributed by atoms with Crippen LogP contribution in [0.1, 0.15) is 40.0 Å². The summed E-state index contributed by atoms with van der Waals surface area (Å²) in [6.07, 6.45) is 5.55. The molecule has 0 aromatic rings. The molecule has 1 heterocycles. The van der Waals surface area contributed by atoms with Crippen LogP contribution in [0.15, 0.2) is 11.5 Å². The first-order valence-corrected chi connectivity index (χ1v) is 8.76. The lowest BCUT2D eigenvalue weighted by Crippen LogP contribution is -2.47. The Balaban J connectivity index is 1.99. The van der Waals surface area contributed by atoms with E-state index in [0.717, 1.165) is 5.92 Å². The fraction of sp³-hybridized carbons (Fsp3) is 0.857. The number of nitrogens with one attached hydrogen (secondary N) is 1. The van der Waals surface area contributed by atoms with Gasteiger partial charge in [-0.15, -0.1) is 0 Å². The van der Waals surface area contributed by atoms with Crippen molar-refractivity contribution in [3.05, 3.63) is 11.5 Å². The molecule has 104 valence electrons. The molecule has 2 rings (SSSR count). The molecule has 0 bridgehead atoms. The summed E-state index contributed by atoms with van der Waals surface area (Å²) in [6, 6.07) is 0.489. The van der Waals surface area contributed by atoms with Gasteiger partial charge in [-0.1, -0.05) is 33.3 Å². The summed E-state index contributed by atoms with van der Waals surface area (Å²) >= 11 is 0. The minimum Gasteiger partial charge on any atom is -0.306 e. The monoisotopic (exact) mass is 271 g/mol. The van der Waals surface area contributed by atoms with Crippen LogP contribution >= 0.6 is 0 Å². The summed E-state index contributed by atoms with van der Waals surface area (Å²) in [7, 11) is -2.94. The van der Waals surface area contributed by atoms with E-state index in [1.54, 1.807) is 0 Å². The van der Waals surface area contributed by atoms with Crippen molar-refractivity contribution in [1.82, 2.24) is 5.32 Å². The topological polar surface area (TPSA) is 46.2 Å². The Kier molecular flexibility index (Phi) is 4.17. The molecular weight excluding hydrogens is 246 g/mol. The zero-order chi connectivity index (χ0) is 13.3. The van der Waals surface area contributed by atoms with Gasteiger partial charge in [-0.2, -0.15) is 0 Å². The minimum atomic E-state index is -2.94. The highest BCUT2D eigenvalue weighted by molar-refractivity contribution is 7.94. The van der Waals surface area contributed by atoms with Crippen LogP contribution in [0.3, 0.4) is 0 Å². The minimum absolute atomic E-state index is 0.0200. The average Bonchev–Trinajstić information content (AvgIpc) is 2.57. The lowest BCUT2D eigenvalue weighted by Gasteiger charge is -2.39. The van der Waals surface area contributed by atoms with Crippen LogP contribution in [0.25, 0.3) is 0 Å². The van der Waals surface area contributed by atoms with Gasteiger partial charge in [-0.05, 0) is 30.6 Å². The van der Waals surface area contributed by atoms with Gasteiger partial charge in [0, 0.05) is 17.5 Å². The summed E-state index contributed by atoms with van der Waals surface area (Å²) in [5, 5.41) is 4.93. The van der Waals surface area contributed by atoms with Crippen molar-refractivity contribution in [2.75, 3.05) is 5.75 Å². The van der Waals surface area contributed by atoms with Crippen LogP contribution in [-0.2, 0) is 9.84 Å². The fourth-order valence-electron chi connectivity index (χ4n) is 3.35. The van der Waals surface area contributed by atoms with Crippen LogP contribution in [0.2, 0.25) is 0 Å². The van der Waals surface area contributed by atoms with Crippen molar-refractivity contribution >= 4 is 9.84 Å². The third kappa shape index (κ3) is 3.35. The SMILES string of the molecule is CC1CCC(C(C)C)C(NC2C=CS(=O)(=O)C2)C1. The zero-order valence-corrected chi connectivity index (χ0v) is 12.4. The first kappa shape index (κ1) is 14.1. The maximum Gasteiger partial charge on any atom is 0.173 e.